The van der Waals surface area contributed by atoms with Crippen LogP contribution in [-0.4, -0.2) is 35.5 Å². The van der Waals surface area contributed by atoms with Gasteiger partial charge >= 0.3 is 0 Å². The summed E-state index contributed by atoms with van der Waals surface area (Å²) in [6.07, 6.45) is 4.23. The number of halogens is 1. The molecule has 0 aliphatic carbocycles. The Labute approximate surface area is 173 Å². The van der Waals surface area contributed by atoms with E-state index in [0.29, 0.717) is 10.7 Å². The molecular weight excluding hydrogens is 392 g/mol. The fourth-order valence-electron chi connectivity index (χ4n) is 4.81. The molecule has 0 saturated carbocycles. The minimum absolute atomic E-state index is 0.0268. The quantitative estimate of drug-likeness (QED) is 0.789. The molecule has 5 atom stereocenters. The number of carbonyl (C=O) groups excluding carboxylic acids is 2. The number of hydrogen-bond acceptors (Lipinski definition) is 3. The van der Waals surface area contributed by atoms with E-state index < -0.39 is 0 Å². The zero-order chi connectivity index (χ0) is 19.3. The fourth-order valence-corrected chi connectivity index (χ4v) is 6.37. The number of anilines is 1. The molecule has 0 spiro atoms. The molecule has 2 amide bonds. The van der Waals surface area contributed by atoms with Gasteiger partial charge in [0.25, 0.3) is 0 Å². The highest BCUT2D eigenvalue weighted by atomic mass is 35.5. The third-order valence-electron chi connectivity index (χ3n) is 6.07. The molecule has 28 heavy (non-hydrogen) atoms. The standard InChI is InChI=1S/C22H19ClN2O2S/c23-15-7-9-16(10-8-15)25-21(26)19-17(11-6-14-4-2-1-3-5-14)24-13-28-12-18(24)20(19)22(25)27/h1-11,17-20H,12-13H2/p+1/b11-6+/t17-,18-,19+,20-/m1/s1. The number of imide groups is 1. The summed E-state index contributed by atoms with van der Waals surface area (Å²) in [7, 11) is 0. The van der Waals surface area contributed by atoms with E-state index in [0.717, 1.165) is 17.2 Å². The highest BCUT2D eigenvalue weighted by Gasteiger charge is 2.65. The van der Waals surface area contributed by atoms with Gasteiger partial charge in [-0.25, -0.2) is 4.90 Å². The predicted molar refractivity (Wildman–Crippen MR) is 112 cm³/mol. The number of nitrogens with zero attached hydrogens (tertiary/aromatic N) is 1. The first-order chi connectivity index (χ1) is 13.6. The van der Waals surface area contributed by atoms with Crippen LogP contribution in [0.4, 0.5) is 5.69 Å². The topological polar surface area (TPSA) is 41.8 Å². The van der Waals surface area contributed by atoms with Crippen molar-refractivity contribution in [3.8, 4) is 0 Å². The number of amides is 2. The van der Waals surface area contributed by atoms with Gasteiger partial charge in [-0.1, -0.05) is 59.8 Å². The molecule has 3 heterocycles. The van der Waals surface area contributed by atoms with Crippen LogP contribution in [0.15, 0.2) is 60.7 Å². The number of hydrogen-bond donors (Lipinski definition) is 1. The Balaban J connectivity index is 1.50. The van der Waals surface area contributed by atoms with E-state index in [-0.39, 0.29) is 35.7 Å². The van der Waals surface area contributed by atoms with Crippen molar-refractivity contribution in [3.63, 3.8) is 0 Å². The Hall–Kier alpha value is -2.08. The van der Waals surface area contributed by atoms with E-state index in [4.69, 9.17) is 11.6 Å². The highest BCUT2D eigenvalue weighted by Crippen LogP contribution is 2.40. The van der Waals surface area contributed by atoms with Gasteiger partial charge in [-0.05, 0) is 35.9 Å². The fraction of sp³-hybridized carbons (Fsp3) is 0.273. The van der Waals surface area contributed by atoms with Crippen molar-refractivity contribution in [1.82, 2.24) is 0 Å². The van der Waals surface area contributed by atoms with E-state index in [1.54, 1.807) is 24.3 Å². The number of thioether (sulfide) groups is 1. The van der Waals surface area contributed by atoms with Crippen LogP contribution in [0.1, 0.15) is 5.56 Å². The zero-order valence-corrected chi connectivity index (χ0v) is 16.7. The molecule has 2 aromatic carbocycles. The third kappa shape index (κ3) is 2.81. The molecular formula is C22H20ClN2O2S+. The first kappa shape index (κ1) is 18.0. The number of benzene rings is 2. The summed E-state index contributed by atoms with van der Waals surface area (Å²) in [4.78, 5) is 29.4. The molecule has 3 aliphatic heterocycles. The van der Waals surface area contributed by atoms with Crippen LogP contribution in [-0.2, 0) is 9.59 Å². The number of nitrogens with one attached hydrogen (secondary N) is 1. The van der Waals surface area contributed by atoms with Gasteiger partial charge in [0.2, 0.25) is 11.8 Å². The van der Waals surface area contributed by atoms with Gasteiger partial charge in [0.05, 0.1) is 11.4 Å². The maximum atomic E-state index is 13.4. The Morgan fingerprint density at radius 3 is 2.46 bits per heavy atom. The molecule has 6 heteroatoms. The molecule has 5 rings (SSSR count). The van der Waals surface area contributed by atoms with Crippen LogP contribution in [0, 0.1) is 11.8 Å². The lowest BCUT2D eigenvalue weighted by atomic mass is 9.89. The Morgan fingerprint density at radius 2 is 1.71 bits per heavy atom. The molecule has 1 unspecified atom stereocenters. The monoisotopic (exact) mass is 411 g/mol. The minimum Gasteiger partial charge on any atom is -0.316 e. The number of rotatable bonds is 3. The lowest BCUT2D eigenvalue weighted by Gasteiger charge is -2.23. The molecule has 142 valence electrons. The largest absolute Gasteiger partial charge is 0.316 e. The van der Waals surface area contributed by atoms with Crippen LogP contribution < -0.4 is 9.80 Å². The average molecular weight is 412 g/mol. The summed E-state index contributed by atoms with van der Waals surface area (Å²) < 4.78 is 0. The Bertz CT molecular complexity index is 947. The van der Waals surface area contributed by atoms with Gasteiger partial charge in [-0.3, -0.25) is 9.59 Å². The molecule has 1 N–H and O–H groups in total. The van der Waals surface area contributed by atoms with Gasteiger partial charge in [0, 0.05) is 5.02 Å². The number of carbonyl (C=O) groups is 2. The molecule has 4 nitrogen and oxygen atoms in total. The van der Waals surface area contributed by atoms with Crippen molar-refractivity contribution in [1.29, 1.82) is 0 Å². The second-order valence-electron chi connectivity index (χ2n) is 7.53. The molecule has 0 bridgehead atoms. The van der Waals surface area contributed by atoms with Crippen LogP contribution in [0.25, 0.3) is 6.08 Å². The van der Waals surface area contributed by atoms with Crippen molar-refractivity contribution in [2.45, 2.75) is 12.1 Å². The minimum atomic E-state index is -0.288. The van der Waals surface area contributed by atoms with Gasteiger partial charge in [-0.2, -0.15) is 0 Å². The predicted octanol–water partition coefficient (Wildman–Crippen LogP) is 2.50. The Kier molecular flexibility index (Phi) is 4.54. The summed E-state index contributed by atoms with van der Waals surface area (Å²) in [6, 6.07) is 17.3. The van der Waals surface area contributed by atoms with Gasteiger partial charge in [0.15, 0.2) is 0 Å². The van der Waals surface area contributed by atoms with Crippen molar-refractivity contribution >= 4 is 46.9 Å². The Morgan fingerprint density at radius 1 is 1.00 bits per heavy atom. The lowest BCUT2D eigenvalue weighted by Crippen LogP contribution is -3.15. The van der Waals surface area contributed by atoms with E-state index in [2.05, 4.69) is 24.3 Å². The van der Waals surface area contributed by atoms with E-state index in [9.17, 15) is 9.59 Å². The van der Waals surface area contributed by atoms with Crippen molar-refractivity contribution in [2.24, 2.45) is 11.8 Å². The highest BCUT2D eigenvalue weighted by molar-refractivity contribution is 7.99. The van der Waals surface area contributed by atoms with Gasteiger partial charge in [0.1, 0.15) is 29.8 Å². The molecule has 3 saturated heterocycles. The smallest absolute Gasteiger partial charge is 0.244 e. The summed E-state index contributed by atoms with van der Waals surface area (Å²) >= 11 is 7.85. The molecule has 0 radical (unpaired) electrons. The SMILES string of the molecule is O=C1[C@@H]2[C@H](C(=O)N1c1ccc(Cl)cc1)[C@H]1CSC[NH+]1[C@@H]2/C=C/c1ccccc1. The van der Waals surface area contributed by atoms with Gasteiger partial charge in [-0.15, -0.1) is 0 Å². The maximum absolute atomic E-state index is 13.4. The average Bonchev–Trinajstić information content (AvgIpc) is 3.35. The first-order valence-corrected chi connectivity index (χ1v) is 11.0. The van der Waals surface area contributed by atoms with Crippen LogP contribution in [0.2, 0.25) is 5.02 Å². The van der Waals surface area contributed by atoms with Crippen molar-refractivity contribution in [2.75, 3.05) is 16.5 Å². The van der Waals surface area contributed by atoms with Crippen molar-refractivity contribution < 1.29 is 14.5 Å². The lowest BCUT2D eigenvalue weighted by molar-refractivity contribution is -0.912. The zero-order valence-electron chi connectivity index (χ0n) is 15.1. The van der Waals surface area contributed by atoms with Crippen molar-refractivity contribution in [3.05, 3.63) is 71.3 Å². The van der Waals surface area contributed by atoms with E-state index >= 15 is 0 Å². The summed E-state index contributed by atoms with van der Waals surface area (Å²) in [6.45, 7) is 0. The summed E-state index contributed by atoms with van der Waals surface area (Å²) in [5.74, 6) is 1.22. The summed E-state index contributed by atoms with van der Waals surface area (Å²) in [5, 5.41) is 0.592. The van der Waals surface area contributed by atoms with E-state index in [1.165, 1.54) is 9.80 Å². The first-order valence-electron chi connectivity index (χ1n) is 9.45. The molecule has 0 aromatic heterocycles. The second kappa shape index (κ2) is 7.07. The molecule has 2 aromatic rings. The van der Waals surface area contributed by atoms with Gasteiger partial charge < -0.3 is 4.90 Å². The van der Waals surface area contributed by atoms with Crippen LogP contribution in [0.3, 0.4) is 0 Å². The van der Waals surface area contributed by atoms with Crippen LogP contribution in [0.5, 0.6) is 0 Å². The summed E-state index contributed by atoms with van der Waals surface area (Å²) in [5.41, 5.74) is 1.73. The number of quaternary nitrogens is 1. The maximum Gasteiger partial charge on any atom is 0.244 e. The third-order valence-corrected chi connectivity index (χ3v) is 7.45. The van der Waals surface area contributed by atoms with Crippen LogP contribution >= 0.6 is 23.4 Å². The normalized spacial score (nSPS) is 31.6. The molecule has 3 fully saturated rings. The molecule has 3 aliphatic rings. The second-order valence-corrected chi connectivity index (χ2v) is 9.00. The number of fused-ring (bicyclic) bond motifs is 3. The van der Waals surface area contributed by atoms with E-state index in [1.807, 2.05) is 30.0 Å².